The fourth-order valence-electron chi connectivity index (χ4n) is 3.22. The second-order valence-corrected chi connectivity index (χ2v) is 6.93. The molecule has 2 aromatic rings. The molecule has 1 fully saturated rings. The number of likely N-dealkylation sites (tertiary alicyclic amines) is 1. The van der Waals surface area contributed by atoms with Crippen LogP contribution in [0.15, 0.2) is 48.5 Å². The van der Waals surface area contributed by atoms with Crippen LogP contribution in [0.1, 0.15) is 24.0 Å². The Balaban J connectivity index is 1.59. The second-order valence-electron chi connectivity index (χ2n) is 6.50. The van der Waals surface area contributed by atoms with Gasteiger partial charge in [0.25, 0.3) is 0 Å². The highest BCUT2D eigenvalue weighted by Gasteiger charge is 2.26. The lowest BCUT2D eigenvalue weighted by Crippen LogP contribution is -2.40. The maximum atomic E-state index is 12.5. The smallest absolute Gasteiger partial charge is 0.228 e. The molecular weight excluding hydrogens is 320 g/mol. The third-order valence-corrected chi connectivity index (χ3v) is 4.90. The molecule has 1 heterocycles. The normalized spacial score (nSPS) is 18.3. The summed E-state index contributed by atoms with van der Waals surface area (Å²) in [5.74, 6) is 0.144. The van der Waals surface area contributed by atoms with Crippen LogP contribution in [0.4, 0.5) is 5.69 Å². The Labute approximate surface area is 148 Å². The molecule has 126 valence electrons. The summed E-state index contributed by atoms with van der Waals surface area (Å²) in [5.41, 5.74) is 3.46. The summed E-state index contributed by atoms with van der Waals surface area (Å²) >= 11 is 5.89. The number of hydrogen-bond acceptors (Lipinski definition) is 2. The van der Waals surface area contributed by atoms with Crippen LogP contribution in [0.25, 0.3) is 0 Å². The summed E-state index contributed by atoms with van der Waals surface area (Å²) in [6.45, 7) is 4.92. The largest absolute Gasteiger partial charge is 0.326 e. The average Bonchev–Trinajstić information content (AvgIpc) is 2.59. The predicted molar refractivity (Wildman–Crippen MR) is 99.3 cm³/mol. The lowest BCUT2D eigenvalue weighted by Gasteiger charge is -2.32. The number of amides is 1. The van der Waals surface area contributed by atoms with E-state index in [1.165, 1.54) is 11.1 Å². The standard InChI is InChI=1S/C20H23ClN2O/c1-15-5-2-3-6-16(15)13-23-12-4-7-17(14-23)20(24)22-19-10-8-18(21)9-11-19/h2-3,5-6,8-11,17H,4,7,12-14H2,1H3,(H,22,24). The monoisotopic (exact) mass is 342 g/mol. The van der Waals surface area contributed by atoms with E-state index in [-0.39, 0.29) is 11.8 Å². The van der Waals surface area contributed by atoms with E-state index in [1.807, 2.05) is 12.1 Å². The van der Waals surface area contributed by atoms with Gasteiger partial charge in [0.05, 0.1) is 5.92 Å². The van der Waals surface area contributed by atoms with Crippen molar-refractivity contribution in [2.45, 2.75) is 26.3 Å². The Morgan fingerprint density at radius 3 is 2.71 bits per heavy atom. The SMILES string of the molecule is Cc1ccccc1CN1CCCC(C(=O)Nc2ccc(Cl)cc2)C1. The third kappa shape index (κ3) is 4.37. The Hall–Kier alpha value is -1.84. The van der Waals surface area contributed by atoms with E-state index in [0.29, 0.717) is 5.02 Å². The van der Waals surface area contributed by atoms with Crippen molar-refractivity contribution in [3.8, 4) is 0 Å². The van der Waals surface area contributed by atoms with E-state index in [2.05, 4.69) is 41.4 Å². The van der Waals surface area contributed by atoms with Crippen LogP contribution in [0, 0.1) is 12.8 Å². The van der Waals surface area contributed by atoms with Crippen molar-refractivity contribution >= 4 is 23.2 Å². The van der Waals surface area contributed by atoms with Gasteiger partial charge in [0.2, 0.25) is 5.91 Å². The minimum absolute atomic E-state index is 0.0402. The van der Waals surface area contributed by atoms with E-state index < -0.39 is 0 Å². The van der Waals surface area contributed by atoms with Crippen molar-refractivity contribution in [1.29, 1.82) is 0 Å². The molecule has 1 atom stereocenters. The highest BCUT2D eigenvalue weighted by atomic mass is 35.5. The summed E-state index contributed by atoms with van der Waals surface area (Å²) in [5, 5.41) is 3.69. The summed E-state index contributed by atoms with van der Waals surface area (Å²) in [7, 11) is 0. The summed E-state index contributed by atoms with van der Waals surface area (Å²) in [6.07, 6.45) is 2.01. The van der Waals surface area contributed by atoms with Crippen LogP contribution < -0.4 is 5.32 Å². The molecule has 1 aliphatic rings. The van der Waals surface area contributed by atoms with Crippen LogP contribution >= 0.6 is 11.6 Å². The number of aryl methyl sites for hydroxylation is 1. The minimum atomic E-state index is 0.0402. The first-order valence-corrected chi connectivity index (χ1v) is 8.83. The second kappa shape index (κ2) is 7.82. The number of nitrogens with zero attached hydrogens (tertiary/aromatic N) is 1. The summed E-state index contributed by atoms with van der Waals surface area (Å²) in [6, 6.07) is 15.7. The van der Waals surface area contributed by atoms with E-state index >= 15 is 0 Å². The number of hydrogen-bond donors (Lipinski definition) is 1. The molecule has 1 saturated heterocycles. The molecule has 0 saturated carbocycles. The minimum Gasteiger partial charge on any atom is -0.326 e. The third-order valence-electron chi connectivity index (χ3n) is 4.64. The van der Waals surface area contributed by atoms with Gasteiger partial charge in [-0.3, -0.25) is 9.69 Å². The van der Waals surface area contributed by atoms with Crippen LogP contribution in [-0.2, 0) is 11.3 Å². The van der Waals surface area contributed by atoms with E-state index in [1.54, 1.807) is 12.1 Å². The zero-order valence-electron chi connectivity index (χ0n) is 14.0. The van der Waals surface area contributed by atoms with Crippen molar-refractivity contribution in [3.63, 3.8) is 0 Å². The van der Waals surface area contributed by atoms with Gasteiger partial charge >= 0.3 is 0 Å². The lowest BCUT2D eigenvalue weighted by atomic mass is 9.96. The summed E-state index contributed by atoms with van der Waals surface area (Å²) < 4.78 is 0. The zero-order valence-corrected chi connectivity index (χ0v) is 14.7. The molecule has 0 bridgehead atoms. The highest BCUT2D eigenvalue weighted by Crippen LogP contribution is 2.22. The van der Waals surface area contributed by atoms with Gasteiger partial charge < -0.3 is 5.32 Å². The van der Waals surface area contributed by atoms with Crippen molar-refractivity contribution in [2.75, 3.05) is 18.4 Å². The first kappa shape index (κ1) is 17.0. The number of carbonyl (C=O) groups is 1. The number of rotatable bonds is 4. The van der Waals surface area contributed by atoms with Crippen LogP contribution in [0.3, 0.4) is 0 Å². The number of carbonyl (C=O) groups excluding carboxylic acids is 1. The maximum Gasteiger partial charge on any atom is 0.228 e. The molecule has 0 aliphatic carbocycles. The molecule has 4 heteroatoms. The average molecular weight is 343 g/mol. The molecule has 0 aromatic heterocycles. The van der Waals surface area contributed by atoms with Crippen molar-refractivity contribution in [3.05, 3.63) is 64.7 Å². The number of halogens is 1. The number of piperidine rings is 1. The Morgan fingerprint density at radius 2 is 1.96 bits per heavy atom. The van der Waals surface area contributed by atoms with Crippen molar-refractivity contribution < 1.29 is 4.79 Å². The molecule has 1 amide bonds. The number of nitrogens with one attached hydrogen (secondary N) is 1. The van der Waals surface area contributed by atoms with Crippen molar-refractivity contribution in [2.24, 2.45) is 5.92 Å². The predicted octanol–water partition coefficient (Wildman–Crippen LogP) is 4.50. The fraction of sp³-hybridized carbons (Fsp3) is 0.350. The number of anilines is 1. The first-order chi connectivity index (χ1) is 11.6. The quantitative estimate of drug-likeness (QED) is 0.887. The van der Waals surface area contributed by atoms with Gasteiger partial charge in [-0.15, -0.1) is 0 Å². The lowest BCUT2D eigenvalue weighted by molar-refractivity contribution is -0.121. The molecule has 0 spiro atoms. The van der Waals surface area contributed by atoms with Gasteiger partial charge in [0.1, 0.15) is 0 Å². The first-order valence-electron chi connectivity index (χ1n) is 8.45. The maximum absolute atomic E-state index is 12.5. The topological polar surface area (TPSA) is 32.3 Å². The van der Waals surface area contributed by atoms with E-state index in [9.17, 15) is 4.79 Å². The number of benzene rings is 2. The Kier molecular flexibility index (Phi) is 5.54. The molecule has 1 N–H and O–H groups in total. The van der Waals surface area contributed by atoms with Crippen LogP contribution in [0.5, 0.6) is 0 Å². The van der Waals surface area contributed by atoms with E-state index in [0.717, 1.165) is 38.2 Å². The van der Waals surface area contributed by atoms with Gasteiger partial charge in [0, 0.05) is 23.8 Å². The highest BCUT2D eigenvalue weighted by molar-refractivity contribution is 6.30. The van der Waals surface area contributed by atoms with Gasteiger partial charge in [-0.1, -0.05) is 35.9 Å². The van der Waals surface area contributed by atoms with Crippen LogP contribution in [-0.4, -0.2) is 23.9 Å². The van der Waals surface area contributed by atoms with Gasteiger partial charge in [-0.05, 0) is 61.7 Å². The zero-order chi connectivity index (χ0) is 16.9. The molecule has 1 aliphatic heterocycles. The molecule has 24 heavy (non-hydrogen) atoms. The molecule has 2 aromatic carbocycles. The van der Waals surface area contributed by atoms with Gasteiger partial charge in [0.15, 0.2) is 0 Å². The van der Waals surface area contributed by atoms with Gasteiger partial charge in [-0.25, -0.2) is 0 Å². The van der Waals surface area contributed by atoms with Crippen molar-refractivity contribution in [1.82, 2.24) is 4.90 Å². The molecule has 3 nitrogen and oxygen atoms in total. The Bertz CT molecular complexity index is 699. The Morgan fingerprint density at radius 1 is 1.21 bits per heavy atom. The summed E-state index contributed by atoms with van der Waals surface area (Å²) in [4.78, 5) is 14.9. The van der Waals surface area contributed by atoms with Gasteiger partial charge in [-0.2, -0.15) is 0 Å². The van der Waals surface area contributed by atoms with E-state index in [4.69, 9.17) is 11.6 Å². The molecular formula is C20H23ClN2O. The molecule has 1 unspecified atom stereocenters. The van der Waals surface area contributed by atoms with Crippen LogP contribution in [0.2, 0.25) is 5.02 Å². The molecule has 3 rings (SSSR count). The fourth-order valence-corrected chi connectivity index (χ4v) is 3.35. The molecule has 0 radical (unpaired) electrons.